The lowest BCUT2D eigenvalue weighted by atomic mass is 10.2. The molecule has 0 aliphatic carbocycles. The van der Waals surface area contributed by atoms with Gasteiger partial charge in [-0.2, -0.15) is 5.10 Å². The van der Waals surface area contributed by atoms with E-state index in [1.807, 2.05) is 0 Å². The molecule has 0 spiro atoms. The monoisotopic (exact) mass is 355 g/mol. The Morgan fingerprint density at radius 3 is 2.27 bits per heavy atom. The number of ether oxygens (including phenoxy) is 4. The third-order valence-electron chi connectivity index (χ3n) is 3.61. The van der Waals surface area contributed by atoms with E-state index in [4.69, 9.17) is 18.9 Å². The van der Waals surface area contributed by atoms with Gasteiger partial charge in [-0.3, -0.25) is 9.59 Å². The van der Waals surface area contributed by atoms with Crippen LogP contribution in [0.4, 0.5) is 5.69 Å². The molecular weight excluding hydrogens is 342 g/mol. The number of nitrogens with one attached hydrogen (secondary N) is 2. The van der Waals surface area contributed by atoms with E-state index in [0.717, 1.165) is 0 Å². The van der Waals surface area contributed by atoms with Crippen molar-refractivity contribution in [2.45, 2.75) is 0 Å². The van der Waals surface area contributed by atoms with Gasteiger partial charge < -0.3 is 24.3 Å². The standard InChI is InChI=1S/C17H13N3O6/c21-16(19-11-2-4-13-15(6-11)26-9-24-13)17(22)20-18-7-10-1-3-12-14(5-10)25-8-23-12/h1-7H,8-9H2,(H,19,21)(H,20,22). The van der Waals surface area contributed by atoms with E-state index < -0.39 is 11.8 Å². The lowest BCUT2D eigenvalue weighted by Crippen LogP contribution is -2.32. The highest BCUT2D eigenvalue weighted by atomic mass is 16.7. The number of carbonyl (C=O) groups is 2. The summed E-state index contributed by atoms with van der Waals surface area (Å²) in [5.41, 5.74) is 3.26. The van der Waals surface area contributed by atoms with Gasteiger partial charge in [-0.15, -0.1) is 0 Å². The van der Waals surface area contributed by atoms with Crippen LogP contribution in [0.3, 0.4) is 0 Å². The van der Waals surface area contributed by atoms with E-state index in [0.29, 0.717) is 34.2 Å². The summed E-state index contributed by atoms with van der Waals surface area (Å²) in [4.78, 5) is 23.7. The predicted molar refractivity (Wildman–Crippen MR) is 89.5 cm³/mol. The molecule has 0 radical (unpaired) electrons. The van der Waals surface area contributed by atoms with Crippen molar-refractivity contribution in [2.75, 3.05) is 18.9 Å². The smallest absolute Gasteiger partial charge is 0.329 e. The summed E-state index contributed by atoms with van der Waals surface area (Å²) in [6.45, 7) is 0.300. The lowest BCUT2D eigenvalue weighted by Gasteiger charge is -2.05. The van der Waals surface area contributed by atoms with Crippen LogP contribution >= 0.6 is 0 Å². The number of anilines is 1. The fourth-order valence-electron chi connectivity index (χ4n) is 2.37. The number of benzene rings is 2. The minimum absolute atomic E-state index is 0.127. The van der Waals surface area contributed by atoms with Crippen molar-refractivity contribution in [3.8, 4) is 23.0 Å². The molecule has 2 aromatic carbocycles. The first-order chi connectivity index (χ1) is 12.7. The first kappa shape index (κ1) is 15.8. The van der Waals surface area contributed by atoms with Crippen LogP contribution in [-0.2, 0) is 9.59 Å². The highest BCUT2D eigenvalue weighted by Gasteiger charge is 2.17. The number of hydrogen-bond acceptors (Lipinski definition) is 7. The highest BCUT2D eigenvalue weighted by molar-refractivity contribution is 6.39. The van der Waals surface area contributed by atoms with Crippen molar-refractivity contribution in [2.24, 2.45) is 5.10 Å². The number of nitrogens with zero attached hydrogens (tertiary/aromatic N) is 1. The minimum atomic E-state index is -0.903. The second-order valence-corrected chi connectivity index (χ2v) is 5.33. The van der Waals surface area contributed by atoms with Crippen molar-refractivity contribution >= 4 is 23.7 Å². The Morgan fingerprint density at radius 1 is 0.846 bits per heavy atom. The van der Waals surface area contributed by atoms with Crippen LogP contribution in [0.2, 0.25) is 0 Å². The SMILES string of the molecule is O=C(NN=Cc1ccc2c(c1)OCO2)C(=O)Nc1ccc2c(c1)OCO2. The molecule has 2 aliphatic rings. The average Bonchev–Trinajstić information content (AvgIpc) is 3.29. The molecule has 4 rings (SSSR count). The zero-order chi connectivity index (χ0) is 17.9. The number of fused-ring (bicyclic) bond motifs is 2. The van der Waals surface area contributed by atoms with Crippen LogP contribution < -0.4 is 29.7 Å². The maximum atomic E-state index is 11.9. The minimum Gasteiger partial charge on any atom is -0.454 e. The molecule has 0 aromatic heterocycles. The van der Waals surface area contributed by atoms with Gasteiger partial charge in [-0.1, -0.05) is 0 Å². The van der Waals surface area contributed by atoms with Gasteiger partial charge in [-0.25, -0.2) is 5.43 Å². The zero-order valence-corrected chi connectivity index (χ0v) is 13.4. The number of rotatable bonds is 3. The molecule has 0 fully saturated rings. The molecule has 0 bridgehead atoms. The van der Waals surface area contributed by atoms with E-state index >= 15 is 0 Å². The topological polar surface area (TPSA) is 107 Å². The van der Waals surface area contributed by atoms with Crippen molar-refractivity contribution < 1.29 is 28.5 Å². The Hall–Kier alpha value is -3.75. The molecule has 2 heterocycles. The van der Waals surface area contributed by atoms with E-state index in [-0.39, 0.29) is 13.6 Å². The first-order valence-corrected chi connectivity index (χ1v) is 7.63. The quantitative estimate of drug-likeness (QED) is 0.487. The van der Waals surface area contributed by atoms with Crippen LogP contribution in [0.15, 0.2) is 41.5 Å². The van der Waals surface area contributed by atoms with Crippen LogP contribution in [0.25, 0.3) is 0 Å². The van der Waals surface area contributed by atoms with E-state index in [9.17, 15) is 9.59 Å². The Morgan fingerprint density at radius 2 is 1.50 bits per heavy atom. The predicted octanol–water partition coefficient (Wildman–Crippen LogP) is 1.23. The van der Waals surface area contributed by atoms with Crippen LogP contribution in [-0.4, -0.2) is 31.6 Å². The lowest BCUT2D eigenvalue weighted by molar-refractivity contribution is -0.136. The third-order valence-corrected chi connectivity index (χ3v) is 3.61. The van der Waals surface area contributed by atoms with Crippen LogP contribution in [0.1, 0.15) is 5.56 Å². The number of amides is 2. The summed E-state index contributed by atoms with van der Waals surface area (Å²) in [5.74, 6) is 0.575. The van der Waals surface area contributed by atoms with Gasteiger partial charge >= 0.3 is 11.8 Å². The van der Waals surface area contributed by atoms with E-state index in [1.165, 1.54) is 6.21 Å². The van der Waals surface area contributed by atoms with Gasteiger partial charge in [0.25, 0.3) is 0 Å². The Bertz CT molecular complexity index is 911. The number of hydrogen-bond donors (Lipinski definition) is 2. The summed E-state index contributed by atoms with van der Waals surface area (Å²) >= 11 is 0. The van der Waals surface area contributed by atoms with E-state index in [2.05, 4.69) is 15.8 Å². The van der Waals surface area contributed by atoms with Gasteiger partial charge in [-0.05, 0) is 35.9 Å². The molecule has 26 heavy (non-hydrogen) atoms. The second kappa shape index (κ2) is 6.63. The van der Waals surface area contributed by atoms with Gasteiger partial charge in [0.15, 0.2) is 23.0 Å². The molecule has 2 N–H and O–H groups in total. The summed E-state index contributed by atoms with van der Waals surface area (Å²) in [6, 6.07) is 10.0. The van der Waals surface area contributed by atoms with Gasteiger partial charge in [0.2, 0.25) is 13.6 Å². The molecule has 2 aromatic rings. The molecule has 2 amide bonds. The van der Waals surface area contributed by atoms with Crippen molar-refractivity contribution in [1.29, 1.82) is 0 Å². The highest BCUT2D eigenvalue weighted by Crippen LogP contribution is 2.34. The summed E-state index contributed by atoms with van der Waals surface area (Å²) < 4.78 is 20.8. The van der Waals surface area contributed by atoms with Crippen LogP contribution in [0, 0.1) is 0 Å². The van der Waals surface area contributed by atoms with Crippen molar-refractivity contribution in [3.05, 3.63) is 42.0 Å². The molecule has 9 nitrogen and oxygen atoms in total. The Kier molecular flexibility index (Phi) is 4.02. The maximum Gasteiger partial charge on any atom is 0.329 e. The fourth-order valence-corrected chi connectivity index (χ4v) is 2.37. The molecular formula is C17H13N3O6. The normalized spacial score (nSPS) is 13.7. The summed E-state index contributed by atoms with van der Waals surface area (Å²) in [5, 5.41) is 6.22. The van der Waals surface area contributed by atoms with Crippen LogP contribution in [0.5, 0.6) is 23.0 Å². The van der Waals surface area contributed by atoms with Crippen molar-refractivity contribution in [3.63, 3.8) is 0 Å². The molecule has 0 saturated heterocycles. The zero-order valence-electron chi connectivity index (χ0n) is 13.4. The van der Waals surface area contributed by atoms with Gasteiger partial charge in [0.1, 0.15) is 0 Å². The molecule has 0 unspecified atom stereocenters. The fraction of sp³-hybridized carbons (Fsp3) is 0.118. The summed E-state index contributed by atoms with van der Waals surface area (Å²) in [6.07, 6.45) is 1.40. The second-order valence-electron chi connectivity index (χ2n) is 5.33. The molecule has 132 valence electrons. The Balaban J connectivity index is 1.33. The Labute approximate surface area is 147 Å². The van der Waals surface area contributed by atoms with E-state index in [1.54, 1.807) is 36.4 Å². The van der Waals surface area contributed by atoms with Gasteiger partial charge in [0, 0.05) is 11.8 Å². The summed E-state index contributed by atoms with van der Waals surface area (Å²) in [7, 11) is 0. The molecule has 0 saturated carbocycles. The number of hydrazone groups is 1. The van der Waals surface area contributed by atoms with Crippen molar-refractivity contribution in [1.82, 2.24) is 5.43 Å². The number of carbonyl (C=O) groups excluding carboxylic acids is 2. The molecule has 0 atom stereocenters. The average molecular weight is 355 g/mol. The molecule has 2 aliphatic heterocycles. The van der Waals surface area contributed by atoms with Gasteiger partial charge in [0.05, 0.1) is 6.21 Å². The maximum absolute atomic E-state index is 11.9. The third kappa shape index (κ3) is 3.22. The molecule has 9 heteroatoms. The largest absolute Gasteiger partial charge is 0.454 e. The first-order valence-electron chi connectivity index (χ1n) is 7.63.